The number of aromatic nitrogens is 8. The number of thiazole rings is 2. The molecule has 10 rings (SSSR count). The van der Waals surface area contributed by atoms with Gasteiger partial charge in [-0.2, -0.15) is 0 Å². The molecule has 4 aliphatic rings. The van der Waals surface area contributed by atoms with E-state index in [4.69, 9.17) is 19.6 Å². The third kappa shape index (κ3) is 7.24. The Balaban J connectivity index is 0.824. The van der Waals surface area contributed by atoms with Crippen molar-refractivity contribution < 1.29 is 28.9 Å². The Morgan fingerprint density at radius 3 is 1.50 bits per heavy atom. The van der Waals surface area contributed by atoms with Gasteiger partial charge in [0.25, 0.3) is 11.8 Å². The smallest absolute Gasteiger partial charge is 0.318 e. The average Bonchev–Trinajstić information content (AvgIpc) is 4.09. The Kier molecular flexibility index (Phi) is 9.77. The van der Waals surface area contributed by atoms with Gasteiger partial charge in [0.15, 0.2) is 10.0 Å². The Morgan fingerprint density at radius 1 is 0.617 bits per heavy atom. The SMILES string of the molecule is CC(=O)On1cc(CN2CCc3nc(C(=O)N4CCc5c(-c6cccc7c6CCN7C(=O)c6nc7c(s6)CN(Cc6cn(OC(C)=O)nn6)CC7)cccc54)sc3C2)nn1. The monoisotopic (exact) mass is 846 g/mol. The zero-order valence-electron chi connectivity index (χ0n) is 32.7. The standard InChI is InChI=1S/C40H38N12O6S2/c1-23(53)57-51-19-25(43-45-51)17-47-13-11-31-35(21-47)59-37(41-31)39(55)49-15-9-29-27(5-3-7-33(29)49)28-6-4-8-34-30(28)10-16-50(34)40(56)38-42-32-12-14-48(22-36(32)60-38)18-26-20-52(46-44-26)58-24(2)54/h3-8,19-20H,9-18,21-22H2,1-2H3. The van der Waals surface area contributed by atoms with Crippen LogP contribution in [0.1, 0.15) is 77.1 Å². The molecule has 2 aromatic carbocycles. The highest BCUT2D eigenvalue weighted by Gasteiger charge is 2.35. The van der Waals surface area contributed by atoms with E-state index >= 15 is 0 Å². The molecule has 60 heavy (non-hydrogen) atoms. The van der Waals surface area contributed by atoms with E-state index in [1.807, 2.05) is 34.1 Å². The highest BCUT2D eigenvalue weighted by atomic mass is 32.1. The second-order valence-corrected chi connectivity index (χ2v) is 17.3. The van der Waals surface area contributed by atoms with E-state index in [2.05, 4.69) is 42.6 Å². The van der Waals surface area contributed by atoms with Gasteiger partial charge in [-0.1, -0.05) is 34.0 Å². The summed E-state index contributed by atoms with van der Waals surface area (Å²) in [6.07, 6.45) is 6.04. The average molecular weight is 847 g/mol. The highest BCUT2D eigenvalue weighted by molar-refractivity contribution is 7.14. The first-order valence-corrected chi connectivity index (χ1v) is 21.3. The lowest BCUT2D eigenvalue weighted by Crippen LogP contribution is -2.29. The molecular weight excluding hydrogens is 809 g/mol. The minimum Gasteiger partial charge on any atom is -0.318 e. The van der Waals surface area contributed by atoms with Crippen LogP contribution in [0.2, 0.25) is 0 Å². The van der Waals surface area contributed by atoms with Crippen molar-refractivity contribution in [2.45, 2.75) is 65.7 Å². The molecule has 0 N–H and O–H groups in total. The first kappa shape index (κ1) is 38.0. The lowest BCUT2D eigenvalue weighted by atomic mass is 9.93. The number of fused-ring (bicyclic) bond motifs is 4. The molecule has 0 aliphatic carbocycles. The minimum absolute atomic E-state index is 0.0995. The van der Waals surface area contributed by atoms with Gasteiger partial charge in [-0.25, -0.2) is 19.6 Å². The summed E-state index contributed by atoms with van der Waals surface area (Å²) in [7, 11) is 0. The van der Waals surface area contributed by atoms with Crippen LogP contribution in [0.25, 0.3) is 11.1 Å². The first-order chi connectivity index (χ1) is 29.1. The quantitative estimate of drug-likeness (QED) is 0.193. The van der Waals surface area contributed by atoms with Crippen molar-refractivity contribution in [1.82, 2.24) is 50.1 Å². The topological polar surface area (TPSA) is 187 Å². The van der Waals surface area contributed by atoms with Crippen LogP contribution in [0.4, 0.5) is 11.4 Å². The summed E-state index contributed by atoms with van der Waals surface area (Å²) < 4.78 is 0. The minimum atomic E-state index is -0.473. The maximum absolute atomic E-state index is 14.1. The molecule has 2 amide bonds. The van der Waals surface area contributed by atoms with Gasteiger partial charge in [0.05, 0.1) is 23.8 Å². The number of carbonyl (C=O) groups is 4. The van der Waals surface area contributed by atoms with Crippen molar-refractivity contribution >= 4 is 57.8 Å². The van der Waals surface area contributed by atoms with Gasteiger partial charge in [-0.15, -0.1) is 32.9 Å². The zero-order valence-corrected chi connectivity index (χ0v) is 34.4. The molecule has 4 aromatic heterocycles. The number of carbonyl (C=O) groups excluding carboxylic acids is 4. The van der Waals surface area contributed by atoms with Crippen LogP contribution in [-0.2, 0) is 61.5 Å². The van der Waals surface area contributed by atoms with Gasteiger partial charge in [-0.3, -0.25) is 19.4 Å². The van der Waals surface area contributed by atoms with Crippen molar-refractivity contribution in [2.75, 3.05) is 36.0 Å². The fourth-order valence-corrected chi connectivity index (χ4v) is 10.7. The molecule has 0 spiro atoms. The number of rotatable bonds is 9. The predicted octanol–water partition coefficient (Wildman–Crippen LogP) is 2.92. The molecule has 0 saturated heterocycles. The van der Waals surface area contributed by atoms with E-state index < -0.39 is 11.9 Å². The number of benzene rings is 2. The molecular formula is C40H38N12O6S2. The van der Waals surface area contributed by atoms with Crippen molar-refractivity contribution in [3.05, 3.63) is 102 Å². The molecule has 0 radical (unpaired) electrons. The summed E-state index contributed by atoms with van der Waals surface area (Å²) in [6.45, 7) is 7.57. The largest absolute Gasteiger partial charge is 0.331 e. The van der Waals surface area contributed by atoms with Crippen LogP contribution in [0.5, 0.6) is 0 Å². The van der Waals surface area contributed by atoms with E-state index in [1.165, 1.54) is 36.5 Å². The third-order valence-corrected chi connectivity index (χ3v) is 13.2. The number of nitrogens with zero attached hydrogens (tertiary/aromatic N) is 12. The fourth-order valence-electron chi connectivity index (χ4n) is 8.49. The summed E-state index contributed by atoms with van der Waals surface area (Å²) >= 11 is 2.89. The van der Waals surface area contributed by atoms with E-state index in [-0.39, 0.29) is 11.8 Å². The molecule has 0 unspecified atom stereocenters. The molecule has 20 heteroatoms. The Morgan fingerprint density at radius 2 is 1.07 bits per heavy atom. The van der Waals surface area contributed by atoms with Crippen LogP contribution < -0.4 is 19.5 Å². The predicted molar refractivity (Wildman–Crippen MR) is 217 cm³/mol. The van der Waals surface area contributed by atoms with Crippen LogP contribution in [0.3, 0.4) is 0 Å². The van der Waals surface area contributed by atoms with Gasteiger partial charge in [0.2, 0.25) is 0 Å². The van der Waals surface area contributed by atoms with Gasteiger partial charge >= 0.3 is 11.9 Å². The van der Waals surface area contributed by atoms with E-state index in [1.54, 1.807) is 12.4 Å². The first-order valence-electron chi connectivity index (χ1n) is 19.6. The molecule has 0 saturated carbocycles. The Labute approximate surface area is 350 Å². The Hall–Kier alpha value is -6.22. The molecule has 0 atom stereocenters. The van der Waals surface area contributed by atoms with Gasteiger partial charge < -0.3 is 19.5 Å². The summed E-state index contributed by atoms with van der Waals surface area (Å²) in [5.41, 5.74) is 9.43. The van der Waals surface area contributed by atoms with Crippen LogP contribution >= 0.6 is 22.7 Å². The maximum atomic E-state index is 14.1. The summed E-state index contributed by atoms with van der Waals surface area (Å²) in [4.78, 5) is 82.7. The van der Waals surface area contributed by atoms with Gasteiger partial charge in [0.1, 0.15) is 11.4 Å². The van der Waals surface area contributed by atoms with Gasteiger partial charge in [0, 0.05) is 100 Å². The van der Waals surface area contributed by atoms with E-state index in [9.17, 15) is 19.2 Å². The van der Waals surface area contributed by atoms with Crippen molar-refractivity contribution in [1.29, 1.82) is 0 Å². The molecule has 8 heterocycles. The zero-order chi connectivity index (χ0) is 41.1. The molecule has 0 fully saturated rings. The number of amides is 2. The molecule has 18 nitrogen and oxygen atoms in total. The lowest BCUT2D eigenvalue weighted by Gasteiger charge is -2.24. The summed E-state index contributed by atoms with van der Waals surface area (Å²) in [5.74, 6) is -1.15. The molecule has 6 aromatic rings. The molecule has 4 aliphatic heterocycles. The third-order valence-electron chi connectivity index (χ3n) is 11.1. The number of hydrogen-bond acceptors (Lipinski definition) is 16. The summed E-state index contributed by atoms with van der Waals surface area (Å²) in [5, 5.41) is 16.9. The lowest BCUT2D eigenvalue weighted by molar-refractivity contribution is -0.144. The van der Waals surface area contributed by atoms with Crippen LogP contribution in [-0.4, -0.2) is 100 Å². The van der Waals surface area contributed by atoms with Crippen LogP contribution in [0, 0.1) is 0 Å². The van der Waals surface area contributed by atoms with E-state index in [0.717, 1.165) is 77.6 Å². The van der Waals surface area contributed by atoms with Gasteiger partial charge in [-0.05, 0) is 57.7 Å². The Bertz CT molecular complexity index is 2520. The van der Waals surface area contributed by atoms with Crippen molar-refractivity contribution in [3.63, 3.8) is 0 Å². The fraction of sp³-hybridized carbons (Fsp3) is 0.350. The van der Waals surface area contributed by atoms with Crippen LogP contribution in [0.15, 0.2) is 48.8 Å². The number of anilines is 2. The number of hydrogen-bond donors (Lipinski definition) is 0. The maximum Gasteiger partial charge on any atom is 0.331 e. The molecule has 0 bridgehead atoms. The van der Waals surface area contributed by atoms with Crippen molar-refractivity contribution in [2.24, 2.45) is 0 Å². The second kappa shape index (κ2) is 15.4. The van der Waals surface area contributed by atoms with E-state index in [0.29, 0.717) is 86.4 Å². The second-order valence-electron chi connectivity index (χ2n) is 15.1. The van der Waals surface area contributed by atoms with Crippen molar-refractivity contribution in [3.8, 4) is 11.1 Å². The summed E-state index contributed by atoms with van der Waals surface area (Å²) in [6, 6.07) is 12.3. The highest BCUT2D eigenvalue weighted by Crippen LogP contribution is 2.43. The normalized spacial score (nSPS) is 16.0. The molecule has 306 valence electrons.